The van der Waals surface area contributed by atoms with Crippen molar-refractivity contribution in [2.75, 3.05) is 11.9 Å². The molecule has 1 N–H and O–H groups in total. The van der Waals surface area contributed by atoms with Crippen molar-refractivity contribution in [3.05, 3.63) is 47.3 Å². The van der Waals surface area contributed by atoms with Gasteiger partial charge in [-0.25, -0.2) is 4.68 Å². The van der Waals surface area contributed by atoms with Crippen molar-refractivity contribution in [1.29, 1.82) is 0 Å². The number of fused-ring (bicyclic) bond motifs is 1. The lowest BCUT2D eigenvalue weighted by molar-refractivity contribution is -0.146. The molecule has 1 fully saturated rings. The van der Waals surface area contributed by atoms with Crippen molar-refractivity contribution in [2.24, 2.45) is 0 Å². The molecule has 1 saturated carbocycles. The molecule has 152 valence electrons. The highest BCUT2D eigenvalue weighted by Crippen LogP contribution is 2.31. The molecule has 1 aromatic carbocycles. The van der Waals surface area contributed by atoms with E-state index in [1.165, 1.54) is 12.8 Å². The average Bonchev–Trinajstić information content (AvgIpc) is 3.44. The Bertz CT molecular complexity index is 1040. The Labute approximate surface area is 169 Å². The summed E-state index contributed by atoms with van der Waals surface area (Å²) in [4.78, 5) is 24.5. The van der Waals surface area contributed by atoms with E-state index in [0.717, 1.165) is 40.5 Å². The van der Waals surface area contributed by atoms with Crippen molar-refractivity contribution < 1.29 is 18.7 Å². The second kappa shape index (κ2) is 8.11. The van der Waals surface area contributed by atoms with Gasteiger partial charge in [-0.05, 0) is 37.8 Å². The summed E-state index contributed by atoms with van der Waals surface area (Å²) < 4.78 is 12.7. The van der Waals surface area contributed by atoms with E-state index in [-0.39, 0.29) is 18.9 Å². The summed E-state index contributed by atoms with van der Waals surface area (Å²) in [5, 5.41) is 8.01. The van der Waals surface area contributed by atoms with Crippen molar-refractivity contribution >= 4 is 28.7 Å². The number of rotatable bonds is 6. The molecule has 0 aliphatic heterocycles. The molecule has 0 spiro atoms. The Hall–Kier alpha value is -3.09. The first-order valence-corrected chi connectivity index (χ1v) is 9.98. The van der Waals surface area contributed by atoms with Gasteiger partial charge in [0.2, 0.25) is 0 Å². The van der Waals surface area contributed by atoms with E-state index in [2.05, 4.69) is 10.4 Å². The summed E-state index contributed by atoms with van der Waals surface area (Å²) in [7, 11) is 0. The lowest BCUT2D eigenvalue weighted by Gasteiger charge is -2.14. The Morgan fingerprint density at radius 3 is 2.83 bits per heavy atom. The minimum Gasteiger partial charge on any atom is -0.464 e. The first-order chi connectivity index (χ1) is 14.0. The second-order valence-corrected chi connectivity index (χ2v) is 7.63. The summed E-state index contributed by atoms with van der Waals surface area (Å²) in [5.41, 5.74) is 3.73. The smallest absolute Gasteiger partial charge is 0.310 e. The van der Waals surface area contributed by atoms with E-state index >= 15 is 0 Å². The highest BCUT2D eigenvalue weighted by Gasteiger charge is 2.21. The number of nitrogens with zero attached hydrogens (tertiary/aromatic N) is 2. The molecule has 1 aliphatic carbocycles. The third-order valence-electron chi connectivity index (χ3n) is 5.65. The van der Waals surface area contributed by atoms with E-state index in [1.54, 1.807) is 18.5 Å². The molecule has 0 radical (unpaired) electrons. The Morgan fingerprint density at radius 1 is 1.24 bits per heavy atom. The molecule has 2 heterocycles. The number of esters is 1. The van der Waals surface area contributed by atoms with Gasteiger partial charge in [0.15, 0.2) is 6.61 Å². The van der Waals surface area contributed by atoms with Crippen LogP contribution in [0.3, 0.4) is 0 Å². The van der Waals surface area contributed by atoms with Gasteiger partial charge in [0.1, 0.15) is 11.4 Å². The van der Waals surface area contributed by atoms with Gasteiger partial charge in [-0.2, -0.15) is 5.10 Å². The van der Waals surface area contributed by atoms with Gasteiger partial charge < -0.3 is 14.5 Å². The molecular formula is C22H25N3O4. The van der Waals surface area contributed by atoms with E-state index < -0.39 is 5.97 Å². The number of carbonyl (C=O) groups is 2. The van der Waals surface area contributed by atoms with E-state index in [9.17, 15) is 9.59 Å². The number of furan rings is 1. The number of ether oxygens (including phenoxy) is 1. The zero-order chi connectivity index (χ0) is 20.4. The molecule has 0 atom stereocenters. The van der Waals surface area contributed by atoms with Gasteiger partial charge in [-0.3, -0.25) is 9.59 Å². The summed E-state index contributed by atoms with van der Waals surface area (Å²) in [6.45, 7) is 3.68. The number of carbonyl (C=O) groups excluding carboxylic acids is 2. The van der Waals surface area contributed by atoms with Gasteiger partial charge >= 0.3 is 5.97 Å². The fraction of sp³-hybridized carbons (Fsp3) is 0.409. The molecule has 1 aliphatic rings. The molecule has 7 nitrogen and oxygen atoms in total. The molecule has 3 aromatic rings. The number of hydrogen-bond donors (Lipinski definition) is 1. The van der Waals surface area contributed by atoms with Crippen LogP contribution in [0.15, 0.2) is 35.1 Å². The van der Waals surface area contributed by atoms with Crippen LogP contribution in [0.4, 0.5) is 5.82 Å². The lowest BCUT2D eigenvalue weighted by atomic mass is 10.0. The second-order valence-electron chi connectivity index (χ2n) is 7.63. The van der Waals surface area contributed by atoms with Crippen LogP contribution < -0.4 is 5.32 Å². The maximum Gasteiger partial charge on any atom is 0.310 e. The predicted octanol–water partition coefficient (Wildman–Crippen LogP) is 4.09. The van der Waals surface area contributed by atoms with Crippen LogP contribution in [0.5, 0.6) is 0 Å². The van der Waals surface area contributed by atoms with Crippen LogP contribution in [0.2, 0.25) is 0 Å². The molecular weight excluding hydrogens is 370 g/mol. The van der Waals surface area contributed by atoms with Crippen LogP contribution in [0.1, 0.15) is 48.4 Å². The molecule has 4 rings (SSSR count). The molecule has 1 amide bonds. The Kier molecular flexibility index (Phi) is 5.38. The topological polar surface area (TPSA) is 86.4 Å². The van der Waals surface area contributed by atoms with E-state index in [0.29, 0.717) is 11.9 Å². The molecule has 0 unspecified atom stereocenters. The fourth-order valence-electron chi connectivity index (χ4n) is 3.91. The first-order valence-electron chi connectivity index (χ1n) is 9.98. The number of amides is 1. The number of aryl methyl sites for hydroxylation is 2. The molecule has 2 aromatic heterocycles. The number of hydrogen-bond acceptors (Lipinski definition) is 5. The standard InChI is InChI=1S/C22H25N3O4/c1-14-7-8-18-16(12-29-22(18)15(14)2)11-21(27)28-13-20(26)24-19-9-10-23-25(19)17-5-3-4-6-17/h7-10,12,17H,3-6,11,13H2,1-2H3,(H,24,26). The third-order valence-corrected chi connectivity index (χ3v) is 5.65. The molecule has 7 heteroatoms. The van der Waals surface area contributed by atoms with Gasteiger partial charge in [-0.15, -0.1) is 0 Å². The summed E-state index contributed by atoms with van der Waals surface area (Å²) in [6, 6.07) is 6.04. The Morgan fingerprint density at radius 2 is 2.03 bits per heavy atom. The fourth-order valence-corrected chi connectivity index (χ4v) is 3.91. The van der Waals surface area contributed by atoms with Gasteiger partial charge in [-0.1, -0.05) is 25.0 Å². The summed E-state index contributed by atoms with van der Waals surface area (Å²) in [6.07, 6.45) is 7.80. The highest BCUT2D eigenvalue weighted by atomic mass is 16.5. The third kappa shape index (κ3) is 4.04. The lowest BCUT2D eigenvalue weighted by Crippen LogP contribution is -2.23. The molecule has 0 saturated heterocycles. The van der Waals surface area contributed by atoms with Crippen LogP contribution in [0.25, 0.3) is 11.0 Å². The number of anilines is 1. The van der Waals surface area contributed by atoms with E-state index in [4.69, 9.17) is 9.15 Å². The van der Waals surface area contributed by atoms with E-state index in [1.807, 2.05) is 30.7 Å². The van der Waals surface area contributed by atoms with Crippen molar-refractivity contribution in [2.45, 2.75) is 52.0 Å². The normalized spacial score (nSPS) is 14.4. The number of nitrogens with one attached hydrogen (secondary N) is 1. The summed E-state index contributed by atoms with van der Waals surface area (Å²) in [5.74, 6) is -0.198. The average molecular weight is 395 g/mol. The Balaban J connectivity index is 1.33. The molecule has 29 heavy (non-hydrogen) atoms. The van der Waals surface area contributed by atoms with Crippen LogP contribution in [0, 0.1) is 13.8 Å². The van der Waals surface area contributed by atoms with Gasteiger partial charge in [0, 0.05) is 17.0 Å². The maximum absolute atomic E-state index is 12.2. The monoisotopic (exact) mass is 395 g/mol. The SMILES string of the molecule is Cc1ccc2c(CC(=O)OCC(=O)Nc3ccnn3C3CCCC3)coc2c1C. The number of benzene rings is 1. The van der Waals surface area contributed by atoms with Gasteiger partial charge in [0.25, 0.3) is 5.91 Å². The minimum absolute atomic E-state index is 0.0583. The summed E-state index contributed by atoms with van der Waals surface area (Å²) >= 11 is 0. The van der Waals surface area contributed by atoms with Crippen molar-refractivity contribution in [3.63, 3.8) is 0 Å². The highest BCUT2D eigenvalue weighted by molar-refractivity contribution is 5.93. The van der Waals surface area contributed by atoms with Crippen LogP contribution >= 0.6 is 0 Å². The minimum atomic E-state index is -0.467. The van der Waals surface area contributed by atoms with Crippen LogP contribution in [-0.2, 0) is 20.7 Å². The van der Waals surface area contributed by atoms with Gasteiger partial charge in [0.05, 0.1) is 24.9 Å². The molecule has 0 bridgehead atoms. The zero-order valence-corrected chi connectivity index (χ0v) is 16.7. The maximum atomic E-state index is 12.2. The van der Waals surface area contributed by atoms with Crippen LogP contribution in [-0.4, -0.2) is 28.3 Å². The predicted molar refractivity (Wildman–Crippen MR) is 109 cm³/mol. The zero-order valence-electron chi connectivity index (χ0n) is 16.7. The van der Waals surface area contributed by atoms with Crippen molar-refractivity contribution in [3.8, 4) is 0 Å². The quantitative estimate of drug-likeness (QED) is 0.636. The number of aromatic nitrogens is 2. The largest absolute Gasteiger partial charge is 0.464 e. The first kappa shape index (κ1) is 19.2. The van der Waals surface area contributed by atoms with Crippen molar-refractivity contribution in [1.82, 2.24) is 9.78 Å².